The molecular weight excluding hydrogens is 476 g/mol. The van der Waals surface area contributed by atoms with E-state index in [2.05, 4.69) is 54.5 Å². The first-order valence-corrected chi connectivity index (χ1v) is 15.2. The highest BCUT2D eigenvalue weighted by molar-refractivity contribution is 5.78. The van der Waals surface area contributed by atoms with Crippen LogP contribution in [0.2, 0.25) is 0 Å². The van der Waals surface area contributed by atoms with Crippen molar-refractivity contribution < 1.29 is 24.2 Å². The SMILES string of the molecule is COC(=O)[C@]12CC[C@@H](C)[C@H](C)[C@H]1C1=CC[C@@H]3[C@@]4(C)C[C@@H](OC(C)=O)[C@H](O)C(C)(C)[C@@H]4CC[C@@]3(C)[C@]1(C)CC2. The number of aliphatic hydroxyl groups excluding tert-OH is 1. The van der Waals surface area contributed by atoms with Crippen LogP contribution in [0.5, 0.6) is 0 Å². The van der Waals surface area contributed by atoms with Crippen molar-refractivity contribution in [2.45, 2.75) is 119 Å². The minimum Gasteiger partial charge on any atom is -0.469 e. The van der Waals surface area contributed by atoms with E-state index in [9.17, 15) is 14.7 Å². The van der Waals surface area contributed by atoms with Gasteiger partial charge in [-0.3, -0.25) is 9.59 Å². The lowest BCUT2D eigenvalue weighted by Gasteiger charge is -2.71. The molecule has 5 rings (SSSR count). The molecule has 0 saturated heterocycles. The summed E-state index contributed by atoms with van der Waals surface area (Å²) >= 11 is 0. The summed E-state index contributed by atoms with van der Waals surface area (Å²) in [4.78, 5) is 25.5. The molecule has 0 aromatic carbocycles. The topological polar surface area (TPSA) is 72.8 Å². The van der Waals surface area contributed by atoms with Crippen LogP contribution < -0.4 is 0 Å². The third-order valence-corrected chi connectivity index (χ3v) is 13.8. The van der Waals surface area contributed by atoms with E-state index in [1.165, 1.54) is 12.5 Å². The zero-order valence-corrected chi connectivity index (χ0v) is 25.4. The predicted octanol–water partition coefficient (Wildman–Crippen LogP) is 6.72. The molecule has 38 heavy (non-hydrogen) atoms. The molecule has 0 heterocycles. The van der Waals surface area contributed by atoms with Crippen LogP contribution in [0.25, 0.3) is 0 Å². The minimum absolute atomic E-state index is 0.000567. The molecule has 0 amide bonds. The number of ether oxygens (including phenoxy) is 2. The summed E-state index contributed by atoms with van der Waals surface area (Å²) in [5.41, 5.74) is 0.829. The molecule has 5 aliphatic carbocycles. The third-order valence-electron chi connectivity index (χ3n) is 13.8. The van der Waals surface area contributed by atoms with E-state index in [0.29, 0.717) is 30.1 Å². The summed E-state index contributed by atoms with van der Waals surface area (Å²) in [5, 5.41) is 11.4. The van der Waals surface area contributed by atoms with Gasteiger partial charge < -0.3 is 14.6 Å². The van der Waals surface area contributed by atoms with Crippen molar-refractivity contribution in [1.29, 1.82) is 0 Å². The number of fused-ring (bicyclic) bond motifs is 7. The number of hydrogen-bond donors (Lipinski definition) is 1. The van der Waals surface area contributed by atoms with Gasteiger partial charge in [-0.15, -0.1) is 0 Å². The molecule has 11 atom stereocenters. The summed E-state index contributed by atoms with van der Waals surface area (Å²) in [6.07, 6.45) is 9.26. The van der Waals surface area contributed by atoms with Gasteiger partial charge in [-0.05, 0) is 103 Å². The third kappa shape index (κ3) is 3.45. The number of esters is 2. The first-order valence-electron chi connectivity index (χ1n) is 15.2. The Hall–Kier alpha value is -1.36. The Morgan fingerprint density at radius 2 is 1.66 bits per heavy atom. The van der Waals surface area contributed by atoms with Crippen molar-refractivity contribution in [1.82, 2.24) is 0 Å². The van der Waals surface area contributed by atoms with Crippen LogP contribution in [-0.4, -0.2) is 36.4 Å². The van der Waals surface area contributed by atoms with Crippen LogP contribution in [0.3, 0.4) is 0 Å². The van der Waals surface area contributed by atoms with E-state index in [-0.39, 0.29) is 39.5 Å². The van der Waals surface area contributed by atoms with Crippen LogP contribution in [0.1, 0.15) is 107 Å². The summed E-state index contributed by atoms with van der Waals surface area (Å²) < 4.78 is 11.3. The molecule has 0 unspecified atom stereocenters. The Bertz CT molecular complexity index is 1030. The van der Waals surface area contributed by atoms with E-state index in [1.54, 1.807) is 7.11 Å². The van der Waals surface area contributed by atoms with Crippen LogP contribution in [0.15, 0.2) is 11.6 Å². The fourth-order valence-corrected chi connectivity index (χ4v) is 11.5. The normalized spacial score (nSPS) is 51.3. The first kappa shape index (κ1) is 28.2. The maximum atomic E-state index is 13.5. The Morgan fingerprint density at radius 3 is 2.29 bits per heavy atom. The maximum Gasteiger partial charge on any atom is 0.312 e. The Balaban J connectivity index is 1.61. The molecule has 0 aromatic heterocycles. The van der Waals surface area contributed by atoms with Gasteiger partial charge in [-0.2, -0.15) is 0 Å². The summed E-state index contributed by atoms with van der Waals surface area (Å²) in [7, 11) is 1.57. The second-order valence-corrected chi connectivity index (χ2v) is 15.4. The van der Waals surface area contributed by atoms with E-state index >= 15 is 0 Å². The van der Waals surface area contributed by atoms with Gasteiger partial charge in [0, 0.05) is 6.92 Å². The molecule has 0 radical (unpaired) electrons. The van der Waals surface area contributed by atoms with Crippen molar-refractivity contribution in [2.24, 2.45) is 56.7 Å². The standard InChI is InChI=1S/C33H52O5/c1-19-12-15-33(28(36)37-9)17-16-31(7)22(26(33)20(19)2)10-11-25-30(6)18-23(38-21(3)34)27(35)29(4,5)24(30)13-14-32(25,31)8/h10,19-20,23-27,35H,11-18H2,1-9H3/t19-,20+,23-,24+,25-,26+,27+,30+,31-,32-,33+/m1/s1. The molecule has 1 N–H and O–H groups in total. The maximum absolute atomic E-state index is 13.5. The molecule has 5 nitrogen and oxygen atoms in total. The fourth-order valence-electron chi connectivity index (χ4n) is 11.5. The van der Waals surface area contributed by atoms with E-state index in [1.807, 2.05) is 0 Å². The largest absolute Gasteiger partial charge is 0.469 e. The molecule has 4 saturated carbocycles. The van der Waals surface area contributed by atoms with Crippen molar-refractivity contribution in [2.75, 3.05) is 7.11 Å². The molecule has 0 aromatic rings. The monoisotopic (exact) mass is 528 g/mol. The Kier molecular flexibility index (Phi) is 6.54. The number of rotatable bonds is 2. The van der Waals surface area contributed by atoms with Gasteiger partial charge in [0.2, 0.25) is 0 Å². The van der Waals surface area contributed by atoms with Gasteiger partial charge in [0.05, 0.1) is 18.6 Å². The van der Waals surface area contributed by atoms with E-state index < -0.39 is 17.6 Å². The quantitative estimate of drug-likeness (QED) is 0.318. The molecular formula is C33H52O5. The summed E-state index contributed by atoms with van der Waals surface area (Å²) in [6.45, 7) is 18.0. The number of allylic oxidation sites excluding steroid dienone is 2. The highest BCUT2D eigenvalue weighted by Crippen LogP contribution is 2.76. The minimum atomic E-state index is -0.654. The lowest BCUT2D eigenvalue weighted by molar-refractivity contribution is -0.238. The van der Waals surface area contributed by atoms with E-state index in [4.69, 9.17) is 9.47 Å². The van der Waals surface area contributed by atoms with Crippen LogP contribution in [0, 0.1) is 56.7 Å². The highest BCUT2D eigenvalue weighted by atomic mass is 16.6. The van der Waals surface area contributed by atoms with Crippen molar-refractivity contribution in [3.8, 4) is 0 Å². The average Bonchev–Trinajstić information content (AvgIpc) is 2.84. The smallest absolute Gasteiger partial charge is 0.312 e. The average molecular weight is 529 g/mol. The molecule has 0 bridgehead atoms. The molecule has 5 aliphatic rings. The molecule has 5 heteroatoms. The zero-order valence-electron chi connectivity index (χ0n) is 25.4. The second kappa shape index (κ2) is 8.82. The first-order chi connectivity index (χ1) is 17.6. The van der Waals surface area contributed by atoms with Gasteiger partial charge in [-0.1, -0.05) is 60.1 Å². The van der Waals surface area contributed by atoms with Gasteiger partial charge in [0.15, 0.2) is 0 Å². The van der Waals surface area contributed by atoms with Crippen molar-refractivity contribution >= 4 is 11.9 Å². The number of carbonyl (C=O) groups excluding carboxylic acids is 2. The molecule has 0 spiro atoms. The highest BCUT2D eigenvalue weighted by Gasteiger charge is 2.70. The second-order valence-electron chi connectivity index (χ2n) is 15.4. The van der Waals surface area contributed by atoms with Crippen LogP contribution >= 0.6 is 0 Å². The lowest BCUT2D eigenvalue weighted by atomic mass is 9.33. The molecule has 0 aliphatic heterocycles. The van der Waals surface area contributed by atoms with Gasteiger partial charge >= 0.3 is 11.9 Å². The fraction of sp³-hybridized carbons (Fsp3) is 0.879. The molecule has 214 valence electrons. The Morgan fingerprint density at radius 1 is 0.974 bits per heavy atom. The zero-order chi connectivity index (χ0) is 28.1. The molecule has 4 fully saturated rings. The number of methoxy groups -OCH3 is 1. The van der Waals surface area contributed by atoms with Gasteiger partial charge in [-0.25, -0.2) is 0 Å². The number of carbonyl (C=O) groups is 2. The number of hydrogen-bond acceptors (Lipinski definition) is 5. The summed E-state index contributed by atoms with van der Waals surface area (Å²) in [5.74, 6) is 1.74. The van der Waals surface area contributed by atoms with Crippen molar-refractivity contribution in [3.63, 3.8) is 0 Å². The van der Waals surface area contributed by atoms with Crippen molar-refractivity contribution in [3.05, 3.63) is 11.6 Å². The summed E-state index contributed by atoms with van der Waals surface area (Å²) in [6, 6.07) is 0. The Labute approximate surface area is 230 Å². The van der Waals surface area contributed by atoms with E-state index in [0.717, 1.165) is 44.9 Å². The van der Waals surface area contributed by atoms with Gasteiger partial charge in [0.25, 0.3) is 0 Å². The number of aliphatic hydroxyl groups is 1. The lowest BCUT2D eigenvalue weighted by Crippen LogP contribution is -2.67. The van der Waals surface area contributed by atoms with Crippen LogP contribution in [0.4, 0.5) is 0 Å². The van der Waals surface area contributed by atoms with Crippen LogP contribution in [-0.2, 0) is 19.1 Å². The predicted molar refractivity (Wildman–Crippen MR) is 148 cm³/mol. The van der Waals surface area contributed by atoms with Gasteiger partial charge in [0.1, 0.15) is 6.10 Å².